The summed E-state index contributed by atoms with van der Waals surface area (Å²) in [5.41, 5.74) is 5.41. The van der Waals surface area contributed by atoms with Gasteiger partial charge in [0.05, 0.1) is 7.11 Å². The number of fused-ring (bicyclic) bond motifs is 1. The lowest BCUT2D eigenvalue weighted by Crippen LogP contribution is -2.43. The SMILES string of the molecule is COc1ccc2c(c1)c(CN1CCN(C)CC1)cn2Cc1ccc(C(C)C)cc1. The predicted molar refractivity (Wildman–Crippen MR) is 121 cm³/mol. The number of piperazine rings is 1. The summed E-state index contributed by atoms with van der Waals surface area (Å²) in [6, 6.07) is 15.5. The molecule has 0 bridgehead atoms. The van der Waals surface area contributed by atoms with E-state index < -0.39 is 0 Å². The molecule has 2 aromatic carbocycles. The zero-order valence-electron chi connectivity index (χ0n) is 18.2. The first-order valence-corrected chi connectivity index (χ1v) is 10.7. The van der Waals surface area contributed by atoms with E-state index in [9.17, 15) is 0 Å². The third kappa shape index (κ3) is 4.49. The molecular formula is C25H33N3O. The lowest BCUT2D eigenvalue weighted by Gasteiger charge is -2.32. The van der Waals surface area contributed by atoms with Crippen LogP contribution in [-0.2, 0) is 13.1 Å². The highest BCUT2D eigenvalue weighted by atomic mass is 16.5. The van der Waals surface area contributed by atoms with E-state index in [1.807, 2.05) is 0 Å². The van der Waals surface area contributed by atoms with Crippen LogP contribution in [0.25, 0.3) is 10.9 Å². The van der Waals surface area contributed by atoms with E-state index >= 15 is 0 Å². The van der Waals surface area contributed by atoms with Crippen molar-refractivity contribution < 1.29 is 4.74 Å². The Balaban J connectivity index is 1.63. The highest BCUT2D eigenvalue weighted by Crippen LogP contribution is 2.28. The quantitative estimate of drug-likeness (QED) is 0.614. The average molecular weight is 392 g/mol. The molecule has 4 heteroatoms. The van der Waals surface area contributed by atoms with Gasteiger partial charge >= 0.3 is 0 Å². The van der Waals surface area contributed by atoms with Crippen molar-refractivity contribution in [2.24, 2.45) is 0 Å². The van der Waals surface area contributed by atoms with E-state index in [2.05, 4.69) is 83.9 Å². The van der Waals surface area contributed by atoms with Crippen molar-refractivity contribution in [1.29, 1.82) is 0 Å². The van der Waals surface area contributed by atoms with Crippen molar-refractivity contribution in [2.75, 3.05) is 40.3 Å². The highest BCUT2D eigenvalue weighted by molar-refractivity contribution is 5.85. The van der Waals surface area contributed by atoms with Crippen LogP contribution in [0.5, 0.6) is 5.75 Å². The molecule has 0 amide bonds. The molecule has 1 saturated heterocycles. The van der Waals surface area contributed by atoms with Gasteiger partial charge in [0.1, 0.15) is 5.75 Å². The first-order chi connectivity index (χ1) is 14.0. The monoisotopic (exact) mass is 391 g/mol. The maximum atomic E-state index is 5.51. The van der Waals surface area contributed by atoms with E-state index in [1.165, 1.54) is 27.6 Å². The topological polar surface area (TPSA) is 20.6 Å². The van der Waals surface area contributed by atoms with Gasteiger partial charge in [-0.15, -0.1) is 0 Å². The number of aromatic nitrogens is 1. The van der Waals surface area contributed by atoms with Gasteiger partial charge in [-0.2, -0.15) is 0 Å². The summed E-state index contributed by atoms with van der Waals surface area (Å²) in [6.45, 7) is 10.9. The summed E-state index contributed by atoms with van der Waals surface area (Å²) >= 11 is 0. The summed E-state index contributed by atoms with van der Waals surface area (Å²) in [6.07, 6.45) is 2.35. The van der Waals surface area contributed by atoms with Crippen LogP contribution in [0.3, 0.4) is 0 Å². The van der Waals surface area contributed by atoms with E-state index in [0.717, 1.165) is 45.0 Å². The Morgan fingerprint density at radius 1 is 0.931 bits per heavy atom. The molecule has 4 rings (SSSR count). The first-order valence-electron chi connectivity index (χ1n) is 10.7. The Bertz CT molecular complexity index is 950. The van der Waals surface area contributed by atoms with Crippen molar-refractivity contribution in [3.8, 4) is 5.75 Å². The lowest BCUT2D eigenvalue weighted by atomic mass is 10.0. The van der Waals surface area contributed by atoms with E-state index in [0.29, 0.717) is 5.92 Å². The van der Waals surface area contributed by atoms with Crippen LogP contribution in [0.15, 0.2) is 48.7 Å². The van der Waals surface area contributed by atoms with Crippen molar-refractivity contribution in [2.45, 2.75) is 32.9 Å². The van der Waals surface area contributed by atoms with Gasteiger partial charge in [0.2, 0.25) is 0 Å². The summed E-state index contributed by atoms with van der Waals surface area (Å²) in [5, 5.41) is 1.31. The largest absolute Gasteiger partial charge is 0.497 e. The van der Waals surface area contributed by atoms with Crippen LogP contribution in [-0.4, -0.2) is 54.7 Å². The zero-order chi connectivity index (χ0) is 20.4. The molecule has 154 valence electrons. The summed E-state index contributed by atoms with van der Waals surface area (Å²) in [7, 11) is 3.95. The number of likely N-dealkylation sites (N-methyl/N-ethyl adjacent to an activating group) is 1. The molecule has 1 aliphatic heterocycles. The number of hydrogen-bond acceptors (Lipinski definition) is 3. The van der Waals surface area contributed by atoms with Crippen molar-refractivity contribution >= 4 is 10.9 Å². The maximum Gasteiger partial charge on any atom is 0.119 e. The molecule has 4 nitrogen and oxygen atoms in total. The van der Waals surface area contributed by atoms with Crippen LogP contribution in [0.2, 0.25) is 0 Å². The fourth-order valence-corrected chi connectivity index (χ4v) is 4.19. The van der Waals surface area contributed by atoms with E-state index in [-0.39, 0.29) is 0 Å². The molecule has 2 heterocycles. The standard InChI is InChI=1S/C25H33N3O/c1-19(2)21-7-5-20(6-8-21)16-28-18-22(17-27-13-11-26(3)12-14-27)24-15-23(29-4)9-10-25(24)28/h5-10,15,18-19H,11-14,16-17H2,1-4H3. The molecule has 1 aliphatic rings. The molecule has 0 aliphatic carbocycles. The second-order valence-electron chi connectivity index (χ2n) is 8.64. The normalized spacial score (nSPS) is 16.0. The minimum atomic E-state index is 0.569. The molecule has 0 N–H and O–H groups in total. The first kappa shape index (κ1) is 20.0. The van der Waals surface area contributed by atoms with Crippen molar-refractivity contribution in [3.05, 3.63) is 65.4 Å². The van der Waals surface area contributed by atoms with Crippen LogP contribution in [0, 0.1) is 0 Å². The molecule has 0 atom stereocenters. The van der Waals surface area contributed by atoms with Crippen LogP contribution in [0.1, 0.15) is 36.5 Å². The van der Waals surface area contributed by atoms with Gasteiger partial charge in [-0.05, 0) is 47.9 Å². The molecule has 0 radical (unpaired) electrons. The van der Waals surface area contributed by atoms with Crippen LogP contribution >= 0.6 is 0 Å². The van der Waals surface area contributed by atoms with Crippen LogP contribution in [0.4, 0.5) is 0 Å². The average Bonchev–Trinajstić information content (AvgIpc) is 3.06. The summed E-state index contributed by atoms with van der Waals surface area (Å²) in [4.78, 5) is 4.97. The van der Waals surface area contributed by atoms with Gasteiger partial charge < -0.3 is 14.2 Å². The third-order valence-corrected chi connectivity index (χ3v) is 6.16. The molecule has 0 unspecified atom stereocenters. The Morgan fingerprint density at radius 2 is 1.66 bits per heavy atom. The van der Waals surface area contributed by atoms with Gasteiger partial charge in [-0.1, -0.05) is 38.1 Å². The highest BCUT2D eigenvalue weighted by Gasteiger charge is 2.17. The van der Waals surface area contributed by atoms with Crippen molar-refractivity contribution in [1.82, 2.24) is 14.4 Å². The second-order valence-corrected chi connectivity index (χ2v) is 8.64. The van der Waals surface area contributed by atoms with Gasteiger partial charge in [0.25, 0.3) is 0 Å². The Labute approximate surface area is 174 Å². The smallest absolute Gasteiger partial charge is 0.119 e. The molecule has 0 saturated carbocycles. The number of ether oxygens (including phenoxy) is 1. The molecular weight excluding hydrogens is 358 g/mol. The number of rotatable bonds is 6. The molecule has 29 heavy (non-hydrogen) atoms. The molecule has 1 fully saturated rings. The third-order valence-electron chi connectivity index (χ3n) is 6.16. The Kier molecular flexibility index (Phi) is 5.93. The van der Waals surface area contributed by atoms with Gasteiger partial charge in [-0.25, -0.2) is 0 Å². The number of methoxy groups -OCH3 is 1. The van der Waals surface area contributed by atoms with Gasteiger partial charge in [-0.3, -0.25) is 4.90 Å². The fourth-order valence-electron chi connectivity index (χ4n) is 4.19. The molecule has 1 aromatic heterocycles. The minimum absolute atomic E-state index is 0.569. The predicted octanol–water partition coefficient (Wildman–Crippen LogP) is 4.57. The number of nitrogens with zero attached hydrogens (tertiary/aromatic N) is 3. The summed E-state index contributed by atoms with van der Waals surface area (Å²) < 4.78 is 7.91. The minimum Gasteiger partial charge on any atom is -0.497 e. The fraction of sp³-hybridized carbons (Fsp3) is 0.440. The second kappa shape index (κ2) is 8.60. The van der Waals surface area contributed by atoms with Crippen LogP contribution < -0.4 is 4.74 Å². The lowest BCUT2D eigenvalue weighted by molar-refractivity contribution is 0.148. The summed E-state index contributed by atoms with van der Waals surface area (Å²) in [5.74, 6) is 1.50. The van der Waals surface area contributed by atoms with Crippen molar-refractivity contribution in [3.63, 3.8) is 0 Å². The maximum absolute atomic E-state index is 5.51. The van der Waals surface area contributed by atoms with E-state index in [4.69, 9.17) is 4.74 Å². The van der Waals surface area contributed by atoms with Gasteiger partial charge in [0.15, 0.2) is 0 Å². The number of benzene rings is 2. The molecule has 3 aromatic rings. The Hall–Kier alpha value is -2.30. The zero-order valence-corrected chi connectivity index (χ0v) is 18.2. The number of hydrogen-bond donors (Lipinski definition) is 0. The molecule has 0 spiro atoms. The van der Waals surface area contributed by atoms with E-state index in [1.54, 1.807) is 7.11 Å². The van der Waals surface area contributed by atoms with Gasteiger partial charge in [0, 0.05) is 56.4 Å². The Morgan fingerprint density at radius 3 is 2.31 bits per heavy atom.